The van der Waals surface area contributed by atoms with Gasteiger partial charge in [-0.05, 0) is 43.9 Å². The first kappa shape index (κ1) is 14.1. The number of aryl methyl sites for hydroxylation is 2. The van der Waals surface area contributed by atoms with Crippen LogP contribution in [0.4, 0.5) is 11.4 Å². The van der Waals surface area contributed by atoms with E-state index in [1.807, 2.05) is 19.9 Å². The van der Waals surface area contributed by atoms with Crippen LogP contribution in [0.1, 0.15) is 24.0 Å². The van der Waals surface area contributed by atoms with Crippen molar-refractivity contribution in [1.29, 1.82) is 0 Å². The minimum atomic E-state index is -3.37. The molecule has 0 bridgehead atoms. The third-order valence-electron chi connectivity index (χ3n) is 3.47. The molecule has 106 valence electrons. The summed E-state index contributed by atoms with van der Waals surface area (Å²) in [5.74, 6) is 0. The molecule has 1 heterocycles. The first-order valence-corrected chi connectivity index (χ1v) is 7.91. The molecule has 1 aliphatic heterocycles. The van der Waals surface area contributed by atoms with Crippen LogP contribution in [0.15, 0.2) is 12.1 Å². The largest absolute Gasteiger partial charge is 0.398 e. The van der Waals surface area contributed by atoms with Crippen molar-refractivity contribution in [2.24, 2.45) is 0 Å². The lowest BCUT2D eigenvalue weighted by Crippen LogP contribution is -2.33. The van der Waals surface area contributed by atoms with Crippen LogP contribution in [0.3, 0.4) is 0 Å². The van der Waals surface area contributed by atoms with Crippen molar-refractivity contribution in [3.8, 4) is 0 Å². The van der Waals surface area contributed by atoms with Crippen LogP contribution < -0.4 is 10.5 Å². The molecule has 6 heteroatoms. The molecule has 1 saturated heterocycles. The van der Waals surface area contributed by atoms with Gasteiger partial charge in [0.2, 0.25) is 10.0 Å². The third kappa shape index (κ3) is 3.19. The Kier molecular flexibility index (Phi) is 4.01. The summed E-state index contributed by atoms with van der Waals surface area (Å²) in [6, 6.07) is 3.57. The predicted octanol–water partition coefficient (Wildman–Crippen LogP) is 1.81. The summed E-state index contributed by atoms with van der Waals surface area (Å²) in [5, 5.41) is -0.386. The number of hydrogen-bond acceptors (Lipinski definition) is 4. The van der Waals surface area contributed by atoms with Crippen LogP contribution in [0.2, 0.25) is 0 Å². The summed E-state index contributed by atoms with van der Waals surface area (Å²) >= 11 is 0. The molecule has 1 aromatic carbocycles. The molecule has 1 aromatic rings. The van der Waals surface area contributed by atoms with E-state index >= 15 is 0 Å². The molecule has 3 N–H and O–H groups in total. The first-order chi connectivity index (χ1) is 8.90. The van der Waals surface area contributed by atoms with Gasteiger partial charge < -0.3 is 10.5 Å². The molecule has 0 aromatic heterocycles. The highest BCUT2D eigenvalue weighted by Crippen LogP contribution is 2.25. The Bertz CT molecular complexity index is 563. The van der Waals surface area contributed by atoms with Gasteiger partial charge in [-0.15, -0.1) is 0 Å². The lowest BCUT2D eigenvalue weighted by molar-refractivity contribution is 0.0984. The van der Waals surface area contributed by atoms with Crippen molar-refractivity contribution in [2.75, 3.05) is 23.7 Å². The second-order valence-corrected chi connectivity index (χ2v) is 6.94. The first-order valence-electron chi connectivity index (χ1n) is 6.36. The molecule has 0 amide bonds. The van der Waals surface area contributed by atoms with Gasteiger partial charge in [0.25, 0.3) is 0 Å². The molecular weight excluding hydrogens is 264 g/mol. The summed E-state index contributed by atoms with van der Waals surface area (Å²) in [6.07, 6.45) is 1.07. The van der Waals surface area contributed by atoms with Crippen molar-refractivity contribution >= 4 is 21.4 Å². The Hall–Kier alpha value is -1.27. The fourth-order valence-corrected chi connectivity index (χ4v) is 3.71. The highest BCUT2D eigenvalue weighted by atomic mass is 32.2. The Balaban J connectivity index is 2.22. The molecule has 1 fully saturated rings. The molecular formula is C13H20N2O3S. The Morgan fingerprint density at radius 2 is 1.84 bits per heavy atom. The third-order valence-corrected chi connectivity index (χ3v) is 5.33. The molecule has 0 atom stereocenters. The van der Waals surface area contributed by atoms with Gasteiger partial charge in [-0.25, -0.2) is 8.42 Å². The highest BCUT2D eigenvalue weighted by molar-refractivity contribution is 7.93. The van der Waals surface area contributed by atoms with Crippen LogP contribution in [-0.4, -0.2) is 26.9 Å². The number of sulfonamides is 1. The lowest BCUT2D eigenvalue weighted by atomic mass is 10.1. The fraction of sp³-hybridized carbons (Fsp3) is 0.538. The van der Waals surface area contributed by atoms with E-state index in [1.165, 1.54) is 0 Å². The van der Waals surface area contributed by atoms with E-state index in [1.54, 1.807) is 6.07 Å². The van der Waals surface area contributed by atoms with E-state index in [-0.39, 0.29) is 5.25 Å². The fourth-order valence-electron chi connectivity index (χ4n) is 2.20. The Labute approximate surface area is 114 Å². The van der Waals surface area contributed by atoms with Gasteiger partial charge in [-0.3, -0.25) is 4.72 Å². The lowest BCUT2D eigenvalue weighted by Gasteiger charge is -2.23. The normalized spacial score (nSPS) is 17.4. The van der Waals surface area contributed by atoms with Crippen LogP contribution in [-0.2, 0) is 14.8 Å². The van der Waals surface area contributed by atoms with E-state index < -0.39 is 10.0 Å². The summed E-state index contributed by atoms with van der Waals surface area (Å²) in [7, 11) is -3.37. The van der Waals surface area contributed by atoms with Crippen molar-refractivity contribution in [3.63, 3.8) is 0 Å². The molecule has 0 saturated carbocycles. The molecule has 0 unspecified atom stereocenters. The Morgan fingerprint density at radius 1 is 1.21 bits per heavy atom. The molecule has 19 heavy (non-hydrogen) atoms. The smallest absolute Gasteiger partial charge is 0.235 e. The number of nitrogen functional groups attached to an aromatic ring is 1. The predicted molar refractivity (Wildman–Crippen MR) is 76.7 cm³/mol. The molecule has 2 rings (SSSR count). The number of hydrogen-bond donors (Lipinski definition) is 2. The zero-order chi connectivity index (χ0) is 14.0. The standard InChI is InChI=1S/C13H20N2O3S/c1-9-7-10(2)13(8-12(9)14)15-19(16,17)11-3-5-18-6-4-11/h7-8,11,15H,3-6,14H2,1-2H3. The van der Waals surface area contributed by atoms with E-state index in [0.717, 1.165) is 11.1 Å². The monoisotopic (exact) mass is 284 g/mol. The van der Waals surface area contributed by atoms with Gasteiger partial charge in [-0.2, -0.15) is 0 Å². The maximum atomic E-state index is 12.3. The Morgan fingerprint density at radius 3 is 2.47 bits per heavy atom. The molecule has 0 radical (unpaired) electrons. The van der Waals surface area contributed by atoms with Gasteiger partial charge in [0.1, 0.15) is 0 Å². The van der Waals surface area contributed by atoms with Gasteiger partial charge in [0, 0.05) is 18.9 Å². The van der Waals surface area contributed by atoms with E-state index in [0.29, 0.717) is 37.4 Å². The second kappa shape index (κ2) is 5.38. The molecule has 1 aliphatic rings. The highest BCUT2D eigenvalue weighted by Gasteiger charge is 2.28. The minimum absolute atomic E-state index is 0.386. The summed E-state index contributed by atoms with van der Waals surface area (Å²) in [4.78, 5) is 0. The molecule has 0 spiro atoms. The van der Waals surface area contributed by atoms with E-state index in [4.69, 9.17) is 10.5 Å². The maximum Gasteiger partial charge on any atom is 0.235 e. The van der Waals surface area contributed by atoms with Crippen LogP contribution in [0.5, 0.6) is 0 Å². The van der Waals surface area contributed by atoms with Gasteiger partial charge in [0.15, 0.2) is 0 Å². The number of benzene rings is 1. The number of ether oxygens (including phenoxy) is 1. The summed E-state index contributed by atoms with van der Waals surface area (Å²) in [5.41, 5.74) is 8.82. The number of rotatable bonds is 3. The number of nitrogens with one attached hydrogen (secondary N) is 1. The van der Waals surface area contributed by atoms with E-state index in [9.17, 15) is 8.42 Å². The zero-order valence-corrected chi connectivity index (χ0v) is 12.1. The summed E-state index contributed by atoms with van der Waals surface area (Å²) < 4.78 is 32.4. The maximum absolute atomic E-state index is 12.3. The van der Waals surface area contributed by atoms with Crippen LogP contribution in [0, 0.1) is 13.8 Å². The zero-order valence-electron chi connectivity index (χ0n) is 11.3. The van der Waals surface area contributed by atoms with Gasteiger partial charge >= 0.3 is 0 Å². The van der Waals surface area contributed by atoms with Gasteiger partial charge in [-0.1, -0.05) is 6.07 Å². The van der Waals surface area contributed by atoms with Crippen LogP contribution in [0.25, 0.3) is 0 Å². The van der Waals surface area contributed by atoms with Crippen molar-refractivity contribution in [3.05, 3.63) is 23.3 Å². The quantitative estimate of drug-likeness (QED) is 0.829. The van der Waals surface area contributed by atoms with E-state index in [2.05, 4.69) is 4.72 Å². The molecule has 0 aliphatic carbocycles. The van der Waals surface area contributed by atoms with Crippen molar-refractivity contribution in [2.45, 2.75) is 31.9 Å². The minimum Gasteiger partial charge on any atom is -0.398 e. The topological polar surface area (TPSA) is 81.4 Å². The number of anilines is 2. The van der Waals surface area contributed by atoms with Crippen molar-refractivity contribution in [1.82, 2.24) is 0 Å². The van der Waals surface area contributed by atoms with Crippen LogP contribution >= 0.6 is 0 Å². The SMILES string of the molecule is Cc1cc(C)c(NS(=O)(=O)C2CCOCC2)cc1N. The average Bonchev–Trinajstić information content (AvgIpc) is 2.37. The second-order valence-electron chi connectivity index (χ2n) is 4.98. The van der Waals surface area contributed by atoms with Crippen molar-refractivity contribution < 1.29 is 13.2 Å². The van der Waals surface area contributed by atoms with Gasteiger partial charge in [0.05, 0.1) is 10.9 Å². The number of nitrogens with two attached hydrogens (primary N) is 1. The summed E-state index contributed by atoms with van der Waals surface area (Å²) in [6.45, 7) is 4.77. The molecule has 5 nitrogen and oxygen atoms in total. The average molecular weight is 284 g/mol.